The number of aromatic hydroxyl groups is 1. The fourth-order valence-electron chi connectivity index (χ4n) is 6.24. The standard InChI is InChI=1S/C24H29N3O7/c1-8(2)10-7-13(25)18(28)15-11(10)5-9-6-12-17(27(3)4)20(30)16(23(26)33)22(32)24(12,34)21(31)14(9)19(15)29/h7-9,12,14,16-17,28,34H,5-6,25H2,1-4H3,(H2,26,33)/t9?,12?,14?,16?,17-,24-/m0/s1. The average molecular weight is 472 g/mol. The van der Waals surface area contributed by atoms with Crippen LogP contribution in [0.2, 0.25) is 0 Å². The topological polar surface area (TPSA) is 181 Å². The number of primary amides is 1. The number of benzene rings is 1. The number of carbonyl (C=O) groups excluding carboxylic acids is 5. The van der Waals surface area contributed by atoms with Crippen LogP contribution in [0.4, 0.5) is 5.69 Å². The number of nitrogens with zero attached hydrogens (tertiary/aromatic N) is 1. The van der Waals surface area contributed by atoms with Gasteiger partial charge in [-0.3, -0.25) is 28.9 Å². The fourth-order valence-corrected chi connectivity index (χ4v) is 6.24. The first-order valence-corrected chi connectivity index (χ1v) is 11.2. The molecular weight excluding hydrogens is 442 g/mol. The number of fused-ring (bicyclic) bond motifs is 3. The van der Waals surface area contributed by atoms with Crippen LogP contribution in [-0.2, 0) is 25.6 Å². The Morgan fingerprint density at radius 3 is 2.32 bits per heavy atom. The predicted molar refractivity (Wildman–Crippen MR) is 120 cm³/mol. The van der Waals surface area contributed by atoms with Gasteiger partial charge in [-0.1, -0.05) is 13.8 Å². The predicted octanol–water partition coefficient (Wildman–Crippen LogP) is -0.427. The summed E-state index contributed by atoms with van der Waals surface area (Å²) in [6, 6.07) is 0.493. The third-order valence-corrected chi connectivity index (χ3v) is 7.75. The lowest BCUT2D eigenvalue weighted by atomic mass is 9.52. The molecule has 0 radical (unpaired) electrons. The maximum Gasteiger partial charge on any atom is 0.235 e. The first-order valence-electron chi connectivity index (χ1n) is 11.2. The van der Waals surface area contributed by atoms with E-state index in [4.69, 9.17) is 11.5 Å². The highest BCUT2D eigenvalue weighted by atomic mass is 16.3. The number of aliphatic hydroxyl groups is 1. The Morgan fingerprint density at radius 2 is 1.79 bits per heavy atom. The van der Waals surface area contributed by atoms with Crippen LogP contribution in [-0.4, -0.2) is 69.9 Å². The number of hydrogen-bond acceptors (Lipinski definition) is 9. The first kappa shape index (κ1) is 24.0. The molecule has 182 valence electrons. The van der Waals surface area contributed by atoms with E-state index in [9.17, 15) is 34.2 Å². The lowest BCUT2D eigenvalue weighted by Crippen LogP contribution is -2.74. The number of carbonyl (C=O) groups is 5. The summed E-state index contributed by atoms with van der Waals surface area (Å²) in [7, 11) is 3.10. The third-order valence-electron chi connectivity index (χ3n) is 7.75. The van der Waals surface area contributed by atoms with E-state index in [0.29, 0.717) is 5.56 Å². The highest BCUT2D eigenvalue weighted by Gasteiger charge is 2.69. The van der Waals surface area contributed by atoms with Gasteiger partial charge in [0.15, 0.2) is 34.7 Å². The van der Waals surface area contributed by atoms with E-state index >= 15 is 0 Å². The molecule has 1 aromatic carbocycles. The minimum absolute atomic E-state index is 0.00472. The number of Topliss-reactive ketones (excluding diaryl/α,β-unsaturated/α-hetero) is 4. The Labute approximate surface area is 196 Å². The molecule has 1 amide bonds. The highest BCUT2D eigenvalue weighted by molar-refractivity contribution is 6.32. The number of likely N-dealkylation sites (N-methyl/N-ethyl adjacent to an activating group) is 1. The second-order valence-electron chi connectivity index (χ2n) is 10.2. The smallest absolute Gasteiger partial charge is 0.235 e. The van der Waals surface area contributed by atoms with Gasteiger partial charge in [0.05, 0.1) is 23.2 Å². The van der Waals surface area contributed by atoms with E-state index < -0.39 is 70.1 Å². The van der Waals surface area contributed by atoms with Gasteiger partial charge in [-0.25, -0.2) is 0 Å². The number of amides is 1. The second kappa shape index (κ2) is 7.71. The van der Waals surface area contributed by atoms with Gasteiger partial charge in [-0.05, 0) is 56.0 Å². The molecule has 0 aliphatic heterocycles. The number of ketones is 4. The lowest BCUT2D eigenvalue weighted by molar-refractivity contribution is -0.181. The summed E-state index contributed by atoms with van der Waals surface area (Å²) in [5.41, 5.74) is 9.78. The summed E-state index contributed by atoms with van der Waals surface area (Å²) in [5.74, 6) is -10.7. The van der Waals surface area contributed by atoms with Crippen LogP contribution in [0.3, 0.4) is 0 Å². The number of rotatable bonds is 3. The van der Waals surface area contributed by atoms with Crippen molar-refractivity contribution in [2.75, 3.05) is 19.8 Å². The molecule has 0 saturated heterocycles. The molecule has 6 atom stereocenters. The fraction of sp³-hybridized carbons (Fsp3) is 0.542. The molecule has 2 saturated carbocycles. The molecule has 0 aromatic heterocycles. The molecule has 6 N–H and O–H groups in total. The molecule has 0 heterocycles. The van der Waals surface area contributed by atoms with Crippen LogP contribution in [0.5, 0.6) is 5.75 Å². The Hall–Kier alpha value is -3.11. The molecule has 3 aliphatic rings. The van der Waals surface area contributed by atoms with Crippen molar-refractivity contribution in [2.45, 2.75) is 44.2 Å². The summed E-state index contributed by atoms with van der Waals surface area (Å²) in [6.07, 6.45) is 0.250. The third kappa shape index (κ3) is 2.98. The summed E-state index contributed by atoms with van der Waals surface area (Å²) in [4.78, 5) is 67.0. The minimum Gasteiger partial charge on any atom is -0.505 e. The maximum atomic E-state index is 13.7. The quantitative estimate of drug-likeness (QED) is 0.258. The van der Waals surface area contributed by atoms with Crippen molar-refractivity contribution in [3.8, 4) is 5.75 Å². The van der Waals surface area contributed by atoms with Gasteiger partial charge in [0, 0.05) is 5.92 Å². The number of anilines is 1. The van der Waals surface area contributed by atoms with Crippen molar-refractivity contribution in [3.05, 3.63) is 22.8 Å². The van der Waals surface area contributed by atoms with Crippen molar-refractivity contribution >= 4 is 34.7 Å². The van der Waals surface area contributed by atoms with Crippen molar-refractivity contribution in [1.82, 2.24) is 4.90 Å². The number of phenolic OH excluding ortho intramolecular Hbond substituents is 1. The normalized spacial score (nSPS) is 33.1. The Bertz CT molecular complexity index is 1160. The van der Waals surface area contributed by atoms with Gasteiger partial charge < -0.3 is 21.7 Å². The maximum absolute atomic E-state index is 13.7. The zero-order valence-electron chi connectivity index (χ0n) is 19.5. The molecule has 34 heavy (non-hydrogen) atoms. The van der Waals surface area contributed by atoms with E-state index in [1.54, 1.807) is 20.2 Å². The van der Waals surface area contributed by atoms with E-state index in [-0.39, 0.29) is 30.0 Å². The second-order valence-corrected chi connectivity index (χ2v) is 10.2. The SMILES string of the molecule is CC(C)c1cc(N)c(O)c2c1CC1CC3[C@H](N(C)C)C(=O)C(C(N)=O)C(=O)[C@@]3(O)C(=O)C1C2=O. The van der Waals surface area contributed by atoms with Gasteiger partial charge in [0.25, 0.3) is 0 Å². The van der Waals surface area contributed by atoms with Gasteiger partial charge in [0.2, 0.25) is 5.91 Å². The van der Waals surface area contributed by atoms with Crippen LogP contribution in [0.15, 0.2) is 6.07 Å². The molecule has 4 unspecified atom stereocenters. The summed E-state index contributed by atoms with van der Waals surface area (Å²) in [5, 5.41) is 22.1. The van der Waals surface area contributed by atoms with E-state index in [1.807, 2.05) is 13.8 Å². The largest absolute Gasteiger partial charge is 0.505 e. The molecule has 2 fully saturated rings. The molecule has 3 aliphatic carbocycles. The lowest BCUT2D eigenvalue weighted by Gasteiger charge is -2.52. The van der Waals surface area contributed by atoms with Crippen LogP contribution >= 0.6 is 0 Å². The van der Waals surface area contributed by atoms with Crippen LogP contribution in [0.1, 0.15) is 47.7 Å². The molecule has 10 nitrogen and oxygen atoms in total. The monoisotopic (exact) mass is 471 g/mol. The van der Waals surface area contributed by atoms with E-state index in [1.165, 1.54) is 4.90 Å². The van der Waals surface area contributed by atoms with Gasteiger partial charge in [-0.15, -0.1) is 0 Å². The van der Waals surface area contributed by atoms with Crippen LogP contribution in [0, 0.1) is 23.7 Å². The Balaban J connectivity index is 1.91. The van der Waals surface area contributed by atoms with Gasteiger partial charge in [-0.2, -0.15) is 0 Å². The summed E-state index contributed by atoms with van der Waals surface area (Å²) in [6.45, 7) is 3.83. The summed E-state index contributed by atoms with van der Waals surface area (Å²) >= 11 is 0. The van der Waals surface area contributed by atoms with Crippen LogP contribution in [0.25, 0.3) is 0 Å². The molecule has 0 bridgehead atoms. The van der Waals surface area contributed by atoms with E-state index in [2.05, 4.69) is 0 Å². The Morgan fingerprint density at radius 1 is 1.18 bits per heavy atom. The zero-order chi connectivity index (χ0) is 25.4. The summed E-state index contributed by atoms with van der Waals surface area (Å²) < 4.78 is 0. The molecule has 0 spiro atoms. The van der Waals surface area contributed by atoms with Crippen molar-refractivity contribution in [2.24, 2.45) is 29.4 Å². The average Bonchev–Trinajstić information content (AvgIpc) is 2.72. The van der Waals surface area contributed by atoms with Crippen molar-refractivity contribution in [1.29, 1.82) is 0 Å². The number of phenols is 1. The minimum atomic E-state index is -2.73. The van der Waals surface area contributed by atoms with Crippen LogP contribution < -0.4 is 11.5 Å². The zero-order valence-corrected chi connectivity index (χ0v) is 19.5. The van der Waals surface area contributed by atoms with Gasteiger partial charge in [0.1, 0.15) is 5.75 Å². The van der Waals surface area contributed by atoms with Crippen molar-refractivity contribution < 1.29 is 34.2 Å². The number of hydrogen-bond donors (Lipinski definition) is 4. The number of nitrogen functional groups attached to an aromatic ring is 1. The van der Waals surface area contributed by atoms with E-state index in [0.717, 1.165) is 5.56 Å². The molecule has 1 aromatic rings. The molecule has 4 rings (SSSR count). The molecular formula is C24H29N3O7. The highest BCUT2D eigenvalue weighted by Crippen LogP contribution is 2.52. The van der Waals surface area contributed by atoms with Crippen molar-refractivity contribution in [3.63, 3.8) is 0 Å². The molecule has 10 heteroatoms. The Kier molecular flexibility index (Phi) is 5.45. The van der Waals surface area contributed by atoms with Gasteiger partial charge >= 0.3 is 0 Å². The first-order chi connectivity index (χ1) is 15.7. The number of nitrogens with two attached hydrogens (primary N) is 2.